The van der Waals surface area contributed by atoms with Crippen LogP contribution < -0.4 is 5.32 Å². The summed E-state index contributed by atoms with van der Waals surface area (Å²) in [6.45, 7) is 5.65. The molecule has 0 aliphatic carbocycles. The molecule has 1 N–H and O–H groups in total. The Morgan fingerprint density at radius 3 is 2.32 bits per heavy atom. The third-order valence-electron chi connectivity index (χ3n) is 3.09. The number of hydrogen-bond donors (Lipinski definition) is 1. The van der Waals surface area contributed by atoms with Gasteiger partial charge in [0.15, 0.2) is 0 Å². The fourth-order valence-electron chi connectivity index (χ4n) is 1.82. The van der Waals surface area contributed by atoms with Crippen LogP contribution in [0.4, 0.5) is 5.69 Å². The summed E-state index contributed by atoms with van der Waals surface area (Å²) in [6, 6.07) is 4.40. The molecule has 0 saturated heterocycles. The zero-order chi connectivity index (χ0) is 14.6. The van der Waals surface area contributed by atoms with Gasteiger partial charge in [0.05, 0.1) is 4.90 Å². The molecule has 0 radical (unpaired) electrons. The first-order valence-electron chi connectivity index (χ1n) is 6.15. The van der Waals surface area contributed by atoms with E-state index in [9.17, 15) is 13.2 Å². The lowest BCUT2D eigenvalue weighted by Gasteiger charge is -2.14. The maximum absolute atomic E-state index is 12.0. The van der Waals surface area contributed by atoms with Crippen molar-refractivity contribution < 1.29 is 13.2 Å². The highest BCUT2D eigenvalue weighted by Crippen LogP contribution is 2.23. The van der Waals surface area contributed by atoms with E-state index < -0.39 is 9.05 Å². The molecule has 4 nitrogen and oxygen atoms in total. The van der Waals surface area contributed by atoms with Crippen molar-refractivity contribution in [3.63, 3.8) is 0 Å². The number of amides is 1. The first kappa shape index (κ1) is 16.0. The average Bonchev–Trinajstić information content (AvgIpc) is 2.32. The maximum Gasteiger partial charge on any atom is 0.261 e. The summed E-state index contributed by atoms with van der Waals surface area (Å²) < 4.78 is 22.4. The molecule has 6 heteroatoms. The van der Waals surface area contributed by atoms with Gasteiger partial charge >= 0.3 is 0 Å². The van der Waals surface area contributed by atoms with Crippen LogP contribution in [0.2, 0.25) is 0 Å². The van der Waals surface area contributed by atoms with Gasteiger partial charge in [-0.15, -0.1) is 0 Å². The van der Waals surface area contributed by atoms with E-state index in [4.69, 9.17) is 10.7 Å². The molecule has 0 bridgehead atoms. The Bertz CT molecular complexity index is 565. The highest BCUT2D eigenvalue weighted by molar-refractivity contribution is 8.13. The Balaban J connectivity index is 2.96. The third kappa shape index (κ3) is 4.21. The lowest BCUT2D eigenvalue weighted by Crippen LogP contribution is -2.22. The minimum Gasteiger partial charge on any atom is -0.326 e. The van der Waals surface area contributed by atoms with Gasteiger partial charge in [-0.1, -0.05) is 13.8 Å². The smallest absolute Gasteiger partial charge is 0.261 e. The molecule has 0 aliphatic rings. The van der Waals surface area contributed by atoms with Crippen molar-refractivity contribution in [3.8, 4) is 0 Å². The van der Waals surface area contributed by atoms with Crippen LogP contribution in [0.25, 0.3) is 0 Å². The fourth-order valence-corrected chi connectivity index (χ4v) is 2.66. The summed E-state index contributed by atoms with van der Waals surface area (Å²) >= 11 is 0. The van der Waals surface area contributed by atoms with Gasteiger partial charge in [0.1, 0.15) is 0 Å². The van der Waals surface area contributed by atoms with E-state index in [1.54, 1.807) is 13.0 Å². The largest absolute Gasteiger partial charge is 0.326 e. The lowest BCUT2D eigenvalue weighted by molar-refractivity contribution is -0.120. The van der Waals surface area contributed by atoms with Gasteiger partial charge in [0.2, 0.25) is 5.91 Å². The number of rotatable bonds is 5. The molecule has 1 aromatic carbocycles. The maximum atomic E-state index is 12.0. The van der Waals surface area contributed by atoms with Crippen molar-refractivity contribution in [2.75, 3.05) is 5.32 Å². The summed E-state index contributed by atoms with van der Waals surface area (Å²) in [5.41, 5.74) is 1.28. The van der Waals surface area contributed by atoms with Gasteiger partial charge in [0.25, 0.3) is 9.05 Å². The predicted molar refractivity (Wildman–Crippen MR) is 76.9 cm³/mol. The van der Waals surface area contributed by atoms with E-state index in [1.807, 2.05) is 13.8 Å². The van der Waals surface area contributed by atoms with Crippen LogP contribution in [0, 0.1) is 12.8 Å². The number of halogens is 1. The normalized spacial score (nSPS) is 11.6. The molecule has 19 heavy (non-hydrogen) atoms. The number of aryl methyl sites for hydroxylation is 1. The quantitative estimate of drug-likeness (QED) is 0.849. The van der Waals surface area contributed by atoms with Crippen molar-refractivity contribution in [2.24, 2.45) is 5.92 Å². The Morgan fingerprint density at radius 2 is 1.89 bits per heavy atom. The summed E-state index contributed by atoms with van der Waals surface area (Å²) in [6.07, 6.45) is 1.55. The van der Waals surface area contributed by atoms with Gasteiger partial charge < -0.3 is 5.32 Å². The van der Waals surface area contributed by atoms with Crippen LogP contribution in [0.15, 0.2) is 23.1 Å². The number of anilines is 1. The van der Waals surface area contributed by atoms with E-state index in [0.717, 1.165) is 12.8 Å². The molecule has 1 aromatic rings. The van der Waals surface area contributed by atoms with Gasteiger partial charge in [-0.2, -0.15) is 0 Å². The molecule has 1 rings (SSSR count). The van der Waals surface area contributed by atoms with Crippen molar-refractivity contribution >= 4 is 31.3 Å². The molecule has 0 aliphatic heterocycles. The average molecular weight is 304 g/mol. The number of nitrogens with one attached hydrogen (secondary N) is 1. The standard InChI is InChI=1S/C13H18ClNO3S/c1-4-10(5-2)13(16)15-12-7-6-11(8-9(12)3)19(14,17)18/h6-8,10H,4-5H2,1-3H3,(H,15,16). The minimum atomic E-state index is -3.74. The van der Waals surface area contributed by atoms with E-state index >= 15 is 0 Å². The van der Waals surface area contributed by atoms with Crippen LogP contribution >= 0.6 is 10.7 Å². The van der Waals surface area contributed by atoms with E-state index in [1.165, 1.54) is 12.1 Å². The minimum absolute atomic E-state index is 0.0316. The first-order valence-corrected chi connectivity index (χ1v) is 8.46. The van der Waals surface area contributed by atoms with Crippen LogP contribution in [-0.2, 0) is 13.8 Å². The second kappa shape index (κ2) is 6.39. The molecular formula is C13H18ClNO3S. The van der Waals surface area contributed by atoms with E-state index in [2.05, 4.69) is 5.32 Å². The highest BCUT2D eigenvalue weighted by Gasteiger charge is 2.16. The summed E-state index contributed by atoms with van der Waals surface area (Å²) in [7, 11) is 1.53. The van der Waals surface area contributed by atoms with Gasteiger partial charge in [0, 0.05) is 22.3 Å². The van der Waals surface area contributed by atoms with Crippen LogP contribution in [0.5, 0.6) is 0 Å². The zero-order valence-corrected chi connectivity index (χ0v) is 12.8. The Labute approximate surface area is 118 Å². The molecule has 0 unspecified atom stereocenters. The lowest BCUT2D eigenvalue weighted by atomic mass is 10.0. The molecule has 1 amide bonds. The Kier molecular flexibility index (Phi) is 5.38. The van der Waals surface area contributed by atoms with Gasteiger partial charge in [-0.05, 0) is 43.5 Å². The van der Waals surface area contributed by atoms with Gasteiger partial charge in [-0.3, -0.25) is 4.79 Å². The predicted octanol–water partition coefficient (Wildman–Crippen LogP) is 3.30. The SMILES string of the molecule is CCC(CC)C(=O)Nc1ccc(S(=O)(=O)Cl)cc1C. The second-order valence-electron chi connectivity index (χ2n) is 4.42. The number of carbonyl (C=O) groups is 1. The molecule has 0 aromatic heterocycles. The number of carbonyl (C=O) groups excluding carboxylic acids is 1. The van der Waals surface area contributed by atoms with Crippen LogP contribution in [-0.4, -0.2) is 14.3 Å². The molecule has 106 valence electrons. The molecular weight excluding hydrogens is 286 g/mol. The van der Waals surface area contributed by atoms with E-state index in [0.29, 0.717) is 11.3 Å². The molecule has 0 atom stereocenters. The first-order chi connectivity index (χ1) is 8.79. The summed E-state index contributed by atoms with van der Waals surface area (Å²) in [5, 5.41) is 2.81. The third-order valence-corrected chi connectivity index (χ3v) is 4.45. The van der Waals surface area contributed by atoms with Crippen molar-refractivity contribution in [2.45, 2.75) is 38.5 Å². The van der Waals surface area contributed by atoms with Crippen molar-refractivity contribution in [1.29, 1.82) is 0 Å². The molecule has 0 fully saturated rings. The summed E-state index contributed by atoms with van der Waals surface area (Å²) in [4.78, 5) is 12.0. The molecule has 0 saturated carbocycles. The summed E-state index contributed by atoms with van der Waals surface area (Å²) in [5.74, 6) is -0.0783. The van der Waals surface area contributed by atoms with Crippen LogP contribution in [0.1, 0.15) is 32.3 Å². The molecule has 0 heterocycles. The fraction of sp³-hybridized carbons (Fsp3) is 0.462. The highest BCUT2D eigenvalue weighted by atomic mass is 35.7. The molecule has 0 spiro atoms. The zero-order valence-electron chi connectivity index (χ0n) is 11.2. The van der Waals surface area contributed by atoms with E-state index in [-0.39, 0.29) is 16.7 Å². The van der Waals surface area contributed by atoms with Crippen molar-refractivity contribution in [3.05, 3.63) is 23.8 Å². The number of benzene rings is 1. The van der Waals surface area contributed by atoms with Crippen LogP contribution in [0.3, 0.4) is 0 Å². The second-order valence-corrected chi connectivity index (χ2v) is 6.98. The monoisotopic (exact) mass is 303 g/mol. The van der Waals surface area contributed by atoms with Gasteiger partial charge in [-0.25, -0.2) is 8.42 Å². The Hall–Kier alpha value is -1.07. The number of hydrogen-bond acceptors (Lipinski definition) is 3. The topological polar surface area (TPSA) is 63.2 Å². The van der Waals surface area contributed by atoms with Crippen molar-refractivity contribution in [1.82, 2.24) is 0 Å². The Morgan fingerprint density at radius 1 is 1.32 bits per heavy atom.